The van der Waals surface area contributed by atoms with Crippen molar-refractivity contribution in [2.45, 2.75) is 6.92 Å². The maximum absolute atomic E-state index is 11.0. The van der Waals surface area contributed by atoms with Gasteiger partial charge in [0, 0.05) is 23.6 Å². The van der Waals surface area contributed by atoms with Crippen LogP contribution in [0.3, 0.4) is 0 Å². The molecule has 126 valence electrons. The minimum Gasteiger partial charge on any atom is -0.480 e. The van der Waals surface area contributed by atoms with Crippen LogP contribution in [0, 0.1) is 6.92 Å². The molecule has 1 aromatic heterocycles. The summed E-state index contributed by atoms with van der Waals surface area (Å²) in [4.78, 5) is 17.9. The Morgan fingerprint density at radius 3 is 2.56 bits per heavy atom. The summed E-state index contributed by atoms with van der Waals surface area (Å²) in [5.74, 6) is -0.914. The monoisotopic (exact) mass is 350 g/mol. The number of carboxylic acids is 1. The number of fused-ring (bicyclic) bond motifs is 1. The van der Waals surface area contributed by atoms with Gasteiger partial charge in [-0.25, -0.2) is 4.98 Å². The Morgan fingerprint density at radius 2 is 1.88 bits per heavy atom. The molecule has 0 aliphatic rings. The molecule has 0 saturated carbocycles. The van der Waals surface area contributed by atoms with Crippen molar-refractivity contribution in [3.8, 4) is 11.3 Å². The predicted octanol–water partition coefficient (Wildman–Crippen LogP) is 3.90. The first-order valence-electron chi connectivity index (χ1n) is 7.90. The standard InChI is InChI=1S/C20H18N2O2S/c1-13-8-9-17-15(10-13)16(20(25)22(2)12-19(23)24)11-18(21-17)14-6-4-3-5-7-14/h3-11H,12H2,1-2H3,(H,23,24). The minimum atomic E-state index is -0.914. The van der Waals surface area contributed by atoms with Crippen molar-refractivity contribution in [2.75, 3.05) is 13.6 Å². The van der Waals surface area contributed by atoms with Gasteiger partial charge in [-0.2, -0.15) is 0 Å². The zero-order valence-electron chi connectivity index (χ0n) is 14.1. The summed E-state index contributed by atoms with van der Waals surface area (Å²) in [6, 6.07) is 17.8. The maximum Gasteiger partial charge on any atom is 0.323 e. The average molecular weight is 350 g/mol. The fraction of sp³-hybridized carbons (Fsp3) is 0.150. The molecule has 0 radical (unpaired) electrons. The quantitative estimate of drug-likeness (QED) is 0.723. The number of carboxylic acid groups (broad SMARTS) is 1. The summed E-state index contributed by atoms with van der Waals surface area (Å²) < 4.78 is 0. The van der Waals surface area contributed by atoms with Gasteiger partial charge in [0.15, 0.2) is 0 Å². The molecule has 0 spiro atoms. The summed E-state index contributed by atoms with van der Waals surface area (Å²) in [6.45, 7) is 1.87. The number of nitrogens with zero attached hydrogens (tertiary/aromatic N) is 2. The minimum absolute atomic E-state index is 0.144. The summed E-state index contributed by atoms with van der Waals surface area (Å²) >= 11 is 5.58. The zero-order valence-corrected chi connectivity index (χ0v) is 14.9. The molecule has 0 aliphatic heterocycles. The van der Waals surface area contributed by atoms with E-state index in [-0.39, 0.29) is 6.54 Å². The molecule has 3 aromatic rings. The van der Waals surface area contributed by atoms with Crippen LogP contribution in [0.25, 0.3) is 22.2 Å². The number of benzene rings is 2. The lowest BCUT2D eigenvalue weighted by molar-refractivity contribution is -0.137. The number of hydrogen-bond acceptors (Lipinski definition) is 3. The highest BCUT2D eigenvalue weighted by Crippen LogP contribution is 2.26. The van der Waals surface area contributed by atoms with Crippen molar-refractivity contribution in [3.63, 3.8) is 0 Å². The average Bonchev–Trinajstić information content (AvgIpc) is 2.60. The summed E-state index contributed by atoms with van der Waals surface area (Å²) in [6.07, 6.45) is 0. The number of pyridine rings is 1. The van der Waals surface area contributed by atoms with Gasteiger partial charge < -0.3 is 10.0 Å². The van der Waals surface area contributed by atoms with Crippen molar-refractivity contribution in [1.82, 2.24) is 9.88 Å². The molecule has 5 heteroatoms. The second kappa shape index (κ2) is 6.99. The number of aliphatic carboxylic acids is 1. The maximum atomic E-state index is 11.0. The first kappa shape index (κ1) is 17.0. The molecule has 4 nitrogen and oxygen atoms in total. The number of hydrogen-bond donors (Lipinski definition) is 1. The normalized spacial score (nSPS) is 10.6. The van der Waals surface area contributed by atoms with Gasteiger partial charge in [-0.05, 0) is 25.1 Å². The van der Waals surface area contributed by atoms with E-state index in [4.69, 9.17) is 22.3 Å². The van der Waals surface area contributed by atoms with E-state index in [0.717, 1.165) is 33.3 Å². The van der Waals surface area contributed by atoms with Crippen LogP contribution in [0.1, 0.15) is 11.1 Å². The third kappa shape index (κ3) is 3.67. The van der Waals surface area contributed by atoms with Crippen molar-refractivity contribution in [3.05, 3.63) is 65.7 Å². The molecule has 1 heterocycles. The molecule has 0 unspecified atom stereocenters. The Morgan fingerprint density at radius 1 is 1.16 bits per heavy atom. The topological polar surface area (TPSA) is 53.4 Å². The third-order valence-electron chi connectivity index (χ3n) is 3.98. The van der Waals surface area contributed by atoms with Crippen molar-refractivity contribution in [2.24, 2.45) is 0 Å². The number of thiocarbonyl (C=S) groups is 1. The smallest absolute Gasteiger partial charge is 0.323 e. The summed E-state index contributed by atoms with van der Waals surface area (Å²) in [7, 11) is 1.70. The molecule has 3 rings (SSSR count). The molecule has 0 atom stereocenters. The summed E-state index contributed by atoms with van der Waals surface area (Å²) in [5.41, 5.74) is 4.58. The van der Waals surface area contributed by atoms with E-state index >= 15 is 0 Å². The second-order valence-corrected chi connectivity index (χ2v) is 6.38. The molecule has 25 heavy (non-hydrogen) atoms. The lowest BCUT2D eigenvalue weighted by Crippen LogP contribution is -2.31. The second-order valence-electron chi connectivity index (χ2n) is 6.00. The van der Waals surface area contributed by atoms with Crippen LogP contribution in [0.15, 0.2) is 54.6 Å². The van der Waals surface area contributed by atoms with Gasteiger partial charge in [-0.1, -0.05) is 54.2 Å². The summed E-state index contributed by atoms with van der Waals surface area (Å²) in [5, 5.41) is 9.99. The molecule has 0 amide bonds. The third-order valence-corrected chi connectivity index (χ3v) is 4.51. The van der Waals surface area contributed by atoms with E-state index in [1.165, 1.54) is 0 Å². The molecular weight excluding hydrogens is 332 g/mol. The highest BCUT2D eigenvalue weighted by atomic mass is 32.1. The lowest BCUT2D eigenvalue weighted by atomic mass is 10.0. The van der Waals surface area contributed by atoms with E-state index in [9.17, 15) is 4.79 Å². The van der Waals surface area contributed by atoms with Gasteiger partial charge in [0.2, 0.25) is 0 Å². The van der Waals surface area contributed by atoms with Crippen LogP contribution < -0.4 is 0 Å². The highest BCUT2D eigenvalue weighted by Gasteiger charge is 2.16. The predicted molar refractivity (Wildman–Crippen MR) is 104 cm³/mol. The Kier molecular flexibility index (Phi) is 4.76. The van der Waals surface area contributed by atoms with E-state index in [0.29, 0.717) is 4.99 Å². The van der Waals surface area contributed by atoms with E-state index in [1.807, 2.05) is 61.5 Å². The number of carbonyl (C=O) groups is 1. The van der Waals surface area contributed by atoms with Gasteiger partial charge in [-0.3, -0.25) is 4.79 Å². The zero-order chi connectivity index (χ0) is 18.0. The molecule has 2 aromatic carbocycles. The van der Waals surface area contributed by atoms with Crippen LogP contribution in [-0.2, 0) is 4.79 Å². The SMILES string of the molecule is Cc1ccc2nc(-c3ccccc3)cc(C(=S)N(C)CC(=O)O)c2c1. The molecule has 0 aliphatic carbocycles. The van der Waals surface area contributed by atoms with E-state index in [1.54, 1.807) is 11.9 Å². The number of aromatic nitrogens is 1. The van der Waals surface area contributed by atoms with Gasteiger partial charge >= 0.3 is 5.97 Å². The number of likely N-dealkylation sites (N-methyl/N-ethyl adjacent to an activating group) is 1. The van der Waals surface area contributed by atoms with Crippen molar-refractivity contribution >= 4 is 34.1 Å². The molecule has 1 N–H and O–H groups in total. The van der Waals surface area contributed by atoms with Crippen molar-refractivity contribution < 1.29 is 9.90 Å². The van der Waals surface area contributed by atoms with Crippen LogP contribution >= 0.6 is 12.2 Å². The van der Waals surface area contributed by atoms with E-state index < -0.39 is 5.97 Å². The van der Waals surface area contributed by atoms with Crippen LogP contribution in [0.2, 0.25) is 0 Å². The molecule has 0 fully saturated rings. The highest BCUT2D eigenvalue weighted by molar-refractivity contribution is 7.80. The Bertz CT molecular complexity index is 955. The Balaban J connectivity index is 2.19. The number of aryl methyl sites for hydroxylation is 1. The van der Waals surface area contributed by atoms with Gasteiger partial charge in [-0.15, -0.1) is 0 Å². The van der Waals surface area contributed by atoms with Crippen LogP contribution in [-0.4, -0.2) is 39.5 Å². The van der Waals surface area contributed by atoms with E-state index in [2.05, 4.69) is 0 Å². The molecular formula is C20H18N2O2S. The van der Waals surface area contributed by atoms with Crippen LogP contribution in [0.5, 0.6) is 0 Å². The fourth-order valence-corrected chi connectivity index (χ4v) is 2.99. The van der Waals surface area contributed by atoms with Gasteiger partial charge in [0.1, 0.15) is 11.5 Å². The first-order valence-corrected chi connectivity index (χ1v) is 8.30. The first-order chi connectivity index (χ1) is 12.0. The van der Waals surface area contributed by atoms with Gasteiger partial charge in [0.25, 0.3) is 0 Å². The van der Waals surface area contributed by atoms with Gasteiger partial charge in [0.05, 0.1) is 11.2 Å². The molecule has 0 bridgehead atoms. The van der Waals surface area contributed by atoms with Crippen molar-refractivity contribution in [1.29, 1.82) is 0 Å². The Labute approximate surface area is 151 Å². The fourth-order valence-electron chi connectivity index (χ4n) is 2.75. The molecule has 0 saturated heterocycles. The largest absolute Gasteiger partial charge is 0.480 e. The Hall–Kier alpha value is -2.79. The number of rotatable bonds is 4. The lowest BCUT2D eigenvalue weighted by Gasteiger charge is -2.20. The van der Waals surface area contributed by atoms with Crippen LogP contribution in [0.4, 0.5) is 0 Å².